The number of hydrogen-bond acceptors (Lipinski definition) is 2. The lowest BCUT2D eigenvalue weighted by molar-refractivity contribution is -0.122. The molecule has 0 aromatic heterocycles. The quantitative estimate of drug-likeness (QED) is 0.746. The molecule has 0 aliphatic heterocycles. The fraction of sp³-hybridized carbons (Fsp3) is 0.846. The van der Waals surface area contributed by atoms with Crippen LogP contribution in [0.3, 0.4) is 0 Å². The second-order valence-electron chi connectivity index (χ2n) is 5.82. The maximum atomic E-state index is 11.1. The summed E-state index contributed by atoms with van der Waals surface area (Å²) in [5, 5.41) is 5.81. The van der Waals surface area contributed by atoms with Gasteiger partial charge in [-0.2, -0.15) is 0 Å². The average Bonchev–Trinajstić information content (AvgIpc) is 2.12. The van der Waals surface area contributed by atoms with Crippen LogP contribution in [-0.2, 0) is 9.59 Å². The third-order valence-electron chi connectivity index (χ3n) is 3.00. The highest BCUT2D eigenvalue weighted by atomic mass is 16.2. The first kappa shape index (κ1) is 15.9. The molecule has 0 aromatic rings. The van der Waals surface area contributed by atoms with E-state index in [2.05, 4.69) is 24.5 Å². The molecule has 4 nitrogen and oxygen atoms in total. The van der Waals surface area contributed by atoms with Gasteiger partial charge in [0.2, 0.25) is 11.8 Å². The molecule has 0 saturated carbocycles. The van der Waals surface area contributed by atoms with Crippen LogP contribution < -0.4 is 10.6 Å². The van der Waals surface area contributed by atoms with Crippen LogP contribution in [0.4, 0.5) is 0 Å². The van der Waals surface area contributed by atoms with Crippen molar-refractivity contribution in [2.45, 2.75) is 59.9 Å². The molecule has 4 heteroatoms. The van der Waals surface area contributed by atoms with Gasteiger partial charge in [-0.25, -0.2) is 0 Å². The first-order chi connectivity index (χ1) is 7.60. The van der Waals surface area contributed by atoms with Gasteiger partial charge in [-0.3, -0.25) is 9.59 Å². The van der Waals surface area contributed by atoms with E-state index in [4.69, 9.17) is 0 Å². The first-order valence-corrected chi connectivity index (χ1v) is 6.13. The van der Waals surface area contributed by atoms with Crippen molar-refractivity contribution in [3.8, 4) is 0 Å². The SMILES string of the molecule is CCC(C)(CNC(C)=O)CC(C)(C)NC(C)=O. The highest BCUT2D eigenvalue weighted by molar-refractivity contribution is 5.73. The molecule has 0 aliphatic rings. The predicted octanol–water partition coefficient (Wildman–Crippen LogP) is 1.84. The van der Waals surface area contributed by atoms with Crippen LogP contribution in [0.5, 0.6) is 0 Å². The Kier molecular flexibility index (Phi) is 5.66. The van der Waals surface area contributed by atoms with Crippen LogP contribution in [0, 0.1) is 5.41 Å². The zero-order valence-electron chi connectivity index (χ0n) is 11.9. The third-order valence-corrected chi connectivity index (χ3v) is 3.00. The summed E-state index contributed by atoms with van der Waals surface area (Å²) in [6.45, 7) is 11.9. The standard InChI is InChI=1S/C13H26N2O2/c1-7-13(6,9-14-10(2)16)8-12(4,5)15-11(3)17/h7-9H2,1-6H3,(H,14,16)(H,15,17). The minimum Gasteiger partial charge on any atom is -0.356 e. The number of rotatable bonds is 6. The number of carbonyl (C=O) groups is 2. The maximum absolute atomic E-state index is 11.1. The average molecular weight is 242 g/mol. The zero-order valence-corrected chi connectivity index (χ0v) is 11.9. The Balaban J connectivity index is 4.54. The number of amides is 2. The van der Waals surface area contributed by atoms with Crippen molar-refractivity contribution in [1.82, 2.24) is 10.6 Å². The molecule has 17 heavy (non-hydrogen) atoms. The van der Waals surface area contributed by atoms with E-state index in [0.717, 1.165) is 12.8 Å². The zero-order chi connectivity index (χ0) is 13.7. The molecule has 0 fully saturated rings. The summed E-state index contributed by atoms with van der Waals surface area (Å²) >= 11 is 0. The van der Waals surface area contributed by atoms with Crippen molar-refractivity contribution in [2.24, 2.45) is 5.41 Å². The fourth-order valence-electron chi connectivity index (χ4n) is 2.24. The van der Waals surface area contributed by atoms with E-state index in [1.807, 2.05) is 13.8 Å². The lowest BCUT2D eigenvalue weighted by Crippen LogP contribution is -2.48. The van der Waals surface area contributed by atoms with Crippen molar-refractivity contribution in [1.29, 1.82) is 0 Å². The lowest BCUT2D eigenvalue weighted by atomic mass is 9.76. The van der Waals surface area contributed by atoms with Gasteiger partial charge >= 0.3 is 0 Å². The van der Waals surface area contributed by atoms with E-state index in [1.165, 1.54) is 13.8 Å². The number of carbonyl (C=O) groups excluding carboxylic acids is 2. The molecule has 100 valence electrons. The number of hydrogen-bond donors (Lipinski definition) is 2. The summed E-state index contributed by atoms with van der Waals surface area (Å²) in [4.78, 5) is 22.1. The molecule has 0 aliphatic carbocycles. The van der Waals surface area contributed by atoms with Crippen LogP contribution in [0.15, 0.2) is 0 Å². The largest absolute Gasteiger partial charge is 0.356 e. The summed E-state index contributed by atoms with van der Waals surface area (Å²) in [5.74, 6) is -0.0324. The van der Waals surface area contributed by atoms with Gasteiger partial charge in [0, 0.05) is 25.9 Å². The molecule has 0 bridgehead atoms. The van der Waals surface area contributed by atoms with Crippen molar-refractivity contribution in [2.75, 3.05) is 6.54 Å². The van der Waals surface area contributed by atoms with Crippen molar-refractivity contribution < 1.29 is 9.59 Å². The highest BCUT2D eigenvalue weighted by Crippen LogP contribution is 2.31. The minimum atomic E-state index is -0.255. The van der Waals surface area contributed by atoms with Crippen LogP contribution in [0.2, 0.25) is 0 Å². The molecule has 0 heterocycles. The molecule has 2 amide bonds. The monoisotopic (exact) mass is 242 g/mol. The van der Waals surface area contributed by atoms with E-state index in [0.29, 0.717) is 6.54 Å². The van der Waals surface area contributed by atoms with Gasteiger partial charge in [0.1, 0.15) is 0 Å². The van der Waals surface area contributed by atoms with Crippen LogP contribution in [-0.4, -0.2) is 23.9 Å². The van der Waals surface area contributed by atoms with Gasteiger partial charge in [-0.05, 0) is 32.1 Å². The summed E-state index contributed by atoms with van der Waals surface area (Å²) in [6.07, 6.45) is 1.78. The Labute approximate surface area is 105 Å². The minimum absolute atomic E-state index is 0.00236. The van der Waals surface area contributed by atoms with E-state index < -0.39 is 0 Å². The molecule has 0 saturated heterocycles. The maximum Gasteiger partial charge on any atom is 0.217 e. The summed E-state index contributed by atoms with van der Waals surface area (Å²) in [5.41, 5.74) is -0.257. The molecule has 1 atom stereocenters. The molecule has 0 rings (SSSR count). The van der Waals surface area contributed by atoms with Gasteiger partial charge in [-0.1, -0.05) is 13.8 Å². The summed E-state index contributed by atoms with van der Waals surface area (Å²) < 4.78 is 0. The van der Waals surface area contributed by atoms with Gasteiger partial charge < -0.3 is 10.6 Å². The Morgan fingerprint density at radius 2 is 1.59 bits per heavy atom. The van der Waals surface area contributed by atoms with Crippen molar-refractivity contribution in [3.63, 3.8) is 0 Å². The van der Waals surface area contributed by atoms with Gasteiger partial charge in [0.15, 0.2) is 0 Å². The normalized spacial score (nSPS) is 14.9. The Morgan fingerprint density at radius 1 is 1.06 bits per heavy atom. The Hall–Kier alpha value is -1.06. The van der Waals surface area contributed by atoms with Crippen LogP contribution in [0.1, 0.15) is 54.4 Å². The van der Waals surface area contributed by atoms with Crippen LogP contribution >= 0.6 is 0 Å². The Bertz CT molecular complexity index is 287. The second kappa shape index (κ2) is 6.03. The molecule has 1 unspecified atom stereocenters. The molecule has 0 spiro atoms. The first-order valence-electron chi connectivity index (χ1n) is 6.13. The molecule has 0 aromatic carbocycles. The van der Waals surface area contributed by atoms with E-state index in [9.17, 15) is 9.59 Å². The van der Waals surface area contributed by atoms with E-state index in [-0.39, 0.29) is 22.8 Å². The van der Waals surface area contributed by atoms with Gasteiger partial charge in [0.05, 0.1) is 0 Å². The molecule has 0 radical (unpaired) electrons. The van der Waals surface area contributed by atoms with Crippen molar-refractivity contribution >= 4 is 11.8 Å². The lowest BCUT2D eigenvalue weighted by Gasteiger charge is -2.37. The second-order valence-corrected chi connectivity index (χ2v) is 5.82. The fourth-order valence-corrected chi connectivity index (χ4v) is 2.24. The topological polar surface area (TPSA) is 58.2 Å². The van der Waals surface area contributed by atoms with Gasteiger partial charge in [0.25, 0.3) is 0 Å². The Morgan fingerprint density at radius 3 is 1.94 bits per heavy atom. The summed E-state index contributed by atoms with van der Waals surface area (Å²) in [7, 11) is 0. The van der Waals surface area contributed by atoms with E-state index in [1.54, 1.807) is 0 Å². The molecular formula is C13H26N2O2. The van der Waals surface area contributed by atoms with Crippen LogP contribution in [0.25, 0.3) is 0 Å². The predicted molar refractivity (Wildman–Crippen MR) is 69.6 cm³/mol. The summed E-state index contributed by atoms with van der Waals surface area (Å²) in [6, 6.07) is 0. The highest BCUT2D eigenvalue weighted by Gasteiger charge is 2.31. The molecule has 2 N–H and O–H groups in total. The molecular weight excluding hydrogens is 216 g/mol. The third kappa shape index (κ3) is 6.97. The van der Waals surface area contributed by atoms with Gasteiger partial charge in [-0.15, -0.1) is 0 Å². The number of nitrogens with one attached hydrogen (secondary N) is 2. The van der Waals surface area contributed by atoms with Crippen molar-refractivity contribution in [3.05, 3.63) is 0 Å². The van der Waals surface area contributed by atoms with E-state index >= 15 is 0 Å². The smallest absolute Gasteiger partial charge is 0.217 e.